The molecule has 0 radical (unpaired) electrons. The van der Waals surface area contributed by atoms with Crippen LogP contribution in [0.3, 0.4) is 0 Å². The maximum Gasteiger partial charge on any atom is 0.308 e. The number of esters is 1. The molecule has 0 unspecified atom stereocenters. The Labute approximate surface area is 136 Å². The second-order valence-electron chi connectivity index (χ2n) is 4.98. The van der Waals surface area contributed by atoms with Crippen LogP contribution < -0.4 is 5.32 Å². The Hall–Kier alpha value is -1.89. The first-order chi connectivity index (χ1) is 10.5. The van der Waals surface area contributed by atoms with Gasteiger partial charge in [-0.15, -0.1) is 0 Å². The number of piperazine rings is 1. The summed E-state index contributed by atoms with van der Waals surface area (Å²) in [5, 5.41) is 2.67. The zero-order chi connectivity index (χ0) is 16.1. The molecule has 2 rings (SSSR count). The highest BCUT2D eigenvalue weighted by molar-refractivity contribution is 9.10. The van der Waals surface area contributed by atoms with E-state index in [2.05, 4.69) is 26.0 Å². The van der Waals surface area contributed by atoms with E-state index < -0.39 is 12.0 Å². The van der Waals surface area contributed by atoms with Crippen LogP contribution in [0.4, 0.5) is 0 Å². The minimum atomic E-state index is -0.802. The summed E-state index contributed by atoms with van der Waals surface area (Å²) in [6.45, 7) is 0.783. The zero-order valence-electron chi connectivity index (χ0n) is 12.2. The molecule has 1 aliphatic heterocycles. The third-order valence-corrected chi connectivity index (χ3v) is 4.04. The van der Waals surface area contributed by atoms with Gasteiger partial charge in [-0.1, -0.05) is 28.1 Å². The third-order valence-electron chi connectivity index (χ3n) is 3.51. The maximum atomic E-state index is 12.5. The van der Waals surface area contributed by atoms with Crippen molar-refractivity contribution in [2.45, 2.75) is 18.9 Å². The van der Waals surface area contributed by atoms with Crippen LogP contribution in [0.1, 0.15) is 12.0 Å². The fraction of sp³-hybridized carbons (Fsp3) is 0.400. The summed E-state index contributed by atoms with van der Waals surface area (Å²) in [5.74, 6) is -1.00. The van der Waals surface area contributed by atoms with E-state index in [0.29, 0.717) is 13.1 Å². The van der Waals surface area contributed by atoms with Crippen molar-refractivity contribution >= 4 is 33.7 Å². The fourth-order valence-corrected chi connectivity index (χ4v) is 2.60. The van der Waals surface area contributed by atoms with E-state index in [0.717, 1.165) is 10.0 Å². The van der Waals surface area contributed by atoms with Crippen molar-refractivity contribution in [3.05, 3.63) is 34.3 Å². The fourth-order valence-electron chi connectivity index (χ4n) is 2.34. The van der Waals surface area contributed by atoms with Gasteiger partial charge in [-0.3, -0.25) is 14.4 Å². The molecule has 1 aliphatic rings. The van der Waals surface area contributed by atoms with Crippen LogP contribution in [0.5, 0.6) is 0 Å². The lowest BCUT2D eigenvalue weighted by Gasteiger charge is -2.34. The number of nitrogens with zero attached hydrogens (tertiary/aromatic N) is 1. The Kier molecular flexibility index (Phi) is 5.54. The minimum absolute atomic E-state index is 0.131. The van der Waals surface area contributed by atoms with Crippen molar-refractivity contribution in [3.63, 3.8) is 0 Å². The molecule has 0 saturated carbocycles. The van der Waals surface area contributed by atoms with E-state index in [1.807, 2.05) is 24.3 Å². The highest BCUT2D eigenvalue weighted by Crippen LogP contribution is 2.15. The SMILES string of the molecule is COC(=O)C[C@H]1C(=O)NCCN1C(=O)Cc1ccc(Br)cc1. The average Bonchev–Trinajstić information content (AvgIpc) is 2.51. The lowest BCUT2D eigenvalue weighted by Crippen LogP contribution is -2.58. The van der Waals surface area contributed by atoms with Gasteiger partial charge in [-0.2, -0.15) is 0 Å². The molecular weight excluding hydrogens is 352 g/mol. The summed E-state index contributed by atoms with van der Waals surface area (Å²) >= 11 is 3.34. The van der Waals surface area contributed by atoms with Crippen molar-refractivity contribution in [1.82, 2.24) is 10.2 Å². The number of benzene rings is 1. The molecule has 1 aromatic rings. The molecule has 1 saturated heterocycles. The molecule has 2 amide bonds. The lowest BCUT2D eigenvalue weighted by molar-refractivity contribution is -0.150. The normalized spacial score (nSPS) is 17.8. The first-order valence-electron chi connectivity index (χ1n) is 6.89. The Balaban J connectivity index is 2.09. The zero-order valence-corrected chi connectivity index (χ0v) is 13.8. The van der Waals surface area contributed by atoms with Gasteiger partial charge in [0.2, 0.25) is 11.8 Å². The van der Waals surface area contributed by atoms with E-state index in [9.17, 15) is 14.4 Å². The van der Waals surface area contributed by atoms with E-state index >= 15 is 0 Å². The molecule has 1 atom stereocenters. The van der Waals surface area contributed by atoms with Crippen molar-refractivity contribution in [2.24, 2.45) is 0 Å². The number of methoxy groups -OCH3 is 1. The second kappa shape index (κ2) is 7.40. The molecule has 0 aliphatic carbocycles. The smallest absolute Gasteiger partial charge is 0.308 e. The molecular formula is C15H17BrN2O4. The topological polar surface area (TPSA) is 75.7 Å². The van der Waals surface area contributed by atoms with Crippen LogP contribution in [0.15, 0.2) is 28.7 Å². The summed E-state index contributed by atoms with van der Waals surface area (Å²) in [6.07, 6.45) is 0.0621. The number of ether oxygens (including phenoxy) is 1. The van der Waals surface area contributed by atoms with Crippen molar-refractivity contribution in [1.29, 1.82) is 0 Å². The Morgan fingerprint density at radius 1 is 1.36 bits per heavy atom. The van der Waals surface area contributed by atoms with Crippen molar-refractivity contribution in [3.8, 4) is 0 Å². The number of carbonyl (C=O) groups excluding carboxylic acids is 3. The van der Waals surface area contributed by atoms with Gasteiger partial charge in [0.1, 0.15) is 6.04 Å². The standard InChI is InChI=1S/C15H17BrN2O4/c1-22-14(20)9-12-15(21)17-6-7-18(12)13(19)8-10-2-4-11(16)5-3-10/h2-5,12H,6-9H2,1H3,(H,17,21)/t12-/m0/s1. The number of hydrogen-bond donors (Lipinski definition) is 1. The van der Waals surface area contributed by atoms with Crippen LogP contribution in [-0.4, -0.2) is 48.9 Å². The van der Waals surface area contributed by atoms with Gasteiger partial charge in [0.05, 0.1) is 20.0 Å². The summed E-state index contributed by atoms with van der Waals surface area (Å²) in [4.78, 5) is 37.3. The Bertz CT molecular complexity index is 573. The number of rotatable bonds is 4. The molecule has 0 spiro atoms. The van der Waals surface area contributed by atoms with Gasteiger partial charge in [0.25, 0.3) is 0 Å². The molecule has 0 bridgehead atoms. The monoisotopic (exact) mass is 368 g/mol. The molecule has 1 fully saturated rings. The van der Waals surface area contributed by atoms with Crippen LogP contribution in [0.25, 0.3) is 0 Å². The highest BCUT2D eigenvalue weighted by atomic mass is 79.9. The maximum absolute atomic E-state index is 12.5. The minimum Gasteiger partial charge on any atom is -0.469 e. The molecule has 7 heteroatoms. The number of amides is 2. The molecule has 0 aromatic heterocycles. The summed E-state index contributed by atoms with van der Waals surface area (Å²) in [5.41, 5.74) is 0.857. The first-order valence-corrected chi connectivity index (χ1v) is 7.69. The number of hydrogen-bond acceptors (Lipinski definition) is 4. The van der Waals surface area contributed by atoms with Gasteiger partial charge >= 0.3 is 5.97 Å². The van der Waals surface area contributed by atoms with Crippen molar-refractivity contribution < 1.29 is 19.1 Å². The van der Waals surface area contributed by atoms with Gasteiger partial charge in [0.15, 0.2) is 0 Å². The molecule has 22 heavy (non-hydrogen) atoms. The number of nitrogens with one attached hydrogen (secondary N) is 1. The van der Waals surface area contributed by atoms with Crippen LogP contribution >= 0.6 is 15.9 Å². The Morgan fingerprint density at radius 3 is 2.68 bits per heavy atom. The third kappa shape index (κ3) is 4.07. The van der Waals surface area contributed by atoms with Gasteiger partial charge in [-0.05, 0) is 17.7 Å². The quantitative estimate of drug-likeness (QED) is 0.800. The summed E-state index contributed by atoms with van der Waals surface area (Å²) < 4.78 is 5.53. The van der Waals surface area contributed by atoms with E-state index in [1.165, 1.54) is 12.0 Å². The summed E-state index contributed by atoms with van der Waals surface area (Å²) in [6, 6.07) is 6.61. The molecule has 1 heterocycles. The predicted octanol–water partition coefficient (Wildman–Crippen LogP) is 0.882. The number of halogens is 1. The highest BCUT2D eigenvalue weighted by Gasteiger charge is 2.34. The Morgan fingerprint density at radius 2 is 2.05 bits per heavy atom. The lowest BCUT2D eigenvalue weighted by atomic mass is 10.1. The summed E-state index contributed by atoms with van der Waals surface area (Å²) in [7, 11) is 1.26. The predicted molar refractivity (Wildman–Crippen MR) is 83.0 cm³/mol. The second-order valence-corrected chi connectivity index (χ2v) is 5.89. The number of carbonyl (C=O) groups is 3. The van der Waals surface area contributed by atoms with E-state index in [4.69, 9.17) is 0 Å². The average molecular weight is 369 g/mol. The van der Waals surface area contributed by atoms with Crippen LogP contribution in [0.2, 0.25) is 0 Å². The largest absolute Gasteiger partial charge is 0.469 e. The molecule has 1 N–H and O–H groups in total. The van der Waals surface area contributed by atoms with Gasteiger partial charge < -0.3 is 15.0 Å². The first kappa shape index (κ1) is 16.5. The van der Waals surface area contributed by atoms with E-state index in [1.54, 1.807) is 0 Å². The van der Waals surface area contributed by atoms with Crippen molar-refractivity contribution in [2.75, 3.05) is 20.2 Å². The van der Waals surface area contributed by atoms with Gasteiger partial charge in [0, 0.05) is 17.6 Å². The molecule has 1 aromatic carbocycles. The van der Waals surface area contributed by atoms with Gasteiger partial charge in [-0.25, -0.2) is 0 Å². The van der Waals surface area contributed by atoms with Crippen LogP contribution in [0, 0.1) is 0 Å². The van der Waals surface area contributed by atoms with Crippen LogP contribution in [-0.2, 0) is 25.5 Å². The molecule has 118 valence electrons. The molecule has 6 nitrogen and oxygen atoms in total. The van der Waals surface area contributed by atoms with E-state index in [-0.39, 0.29) is 24.7 Å².